The summed E-state index contributed by atoms with van der Waals surface area (Å²) in [5, 5.41) is 6.96. The normalized spacial score (nSPS) is 27.0. The SMILES string of the molecule is CCOC(=O)c1cnn2c1N[C@H](C1CCN(C(=O)[C@@H]3CCCO3)CC1)C[C@@H]2C(F)(F)F. The van der Waals surface area contributed by atoms with Crippen molar-refractivity contribution in [3.63, 3.8) is 0 Å². The summed E-state index contributed by atoms with van der Waals surface area (Å²) in [6.07, 6.45) is -1.17. The summed E-state index contributed by atoms with van der Waals surface area (Å²) in [5.41, 5.74) is 0.00629. The highest BCUT2D eigenvalue weighted by Gasteiger charge is 2.48. The standard InChI is InChI=1S/C20H27F3N4O4/c1-2-30-19(29)13-11-24-27-16(20(21,22)23)10-14(25-17(13)27)12-5-7-26(8-6-12)18(28)15-4-3-9-31-15/h11-12,14-16,25H,2-10H2,1H3/t14-,15-,16+/m0/s1. The molecule has 3 atom stereocenters. The first-order chi connectivity index (χ1) is 14.8. The summed E-state index contributed by atoms with van der Waals surface area (Å²) in [6.45, 7) is 3.32. The van der Waals surface area contributed by atoms with Crippen LogP contribution in [0.15, 0.2) is 6.20 Å². The lowest BCUT2D eigenvalue weighted by Crippen LogP contribution is -2.49. The second-order valence-corrected chi connectivity index (χ2v) is 8.28. The Morgan fingerprint density at radius 2 is 2.03 bits per heavy atom. The number of amides is 1. The van der Waals surface area contributed by atoms with Gasteiger partial charge in [-0.1, -0.05) is 0 Å². The number of anilines is 1. The van der Waals surface area contributed by atoms with E-state index >= 15 is 0 Å². The molecule has 0 bridgehead atoms. The van der Waals surface area contributed by atoms with Gasteiger partial charge in [0.1, 0.15) is 17.5 Å². The van der Waals surface area contributed by atoms with E-state index in [1.54, 1.807) is 11.8 Å². The minimum atomic E-state index is -4.50. The van der Waals surface area contributed by atoms with Crippen molar-refractivity contribution >= 4 is 17.7 Å². The molecule has 4 rings (SSSR count). The fourth-order valence-electron chi connectivity index (χ4n) is 4.76. The van der Waals surface area contributed by atoms with E-state index in [0.717, 1.165) is 23.7 Å². The molecular weight excluding hydrogens is 417 g/mol. The van der Waals surface area contributed by atoms with E-state index in [4.69, 9.17) is 9.47 Å². The third-order valence-corrected chi connectivity index (χ3v) is 6.39. The number of nitrogens with zero attached hydrogens (tertiary/aromatic N) is 3. The molecule has 8 nitrogen and oxygen atoms in total. The van der Waals surface area contributed by atoms with E-state index in [1.165, 1.54) is 0 Å². The van der Waals surface area contributed by atoms with Crippen LogP contribution >= 0.6 is 0 Å². The smallest absolute Gasteiger partial charge is 0.410 e. The number of alkyl halides is 3. The van der Waals surface area contributed by atoms with Gasteiger partial charge < -0.3 is 19.7 Å². The third kappa shape index (κ3) is 4.37. The minimum Gasteiger partial charge on any atom is -0.462 e. The van der Waals surface area contributed by atoms with Crippen molar-refractivity contribution in [2.24, 2.45) is 5.92 Å². The molecule has 1 aromatic heterocycles. The van der Waals surface area contributed by atoms with Gasteiger partial charge in [-0.3, -0.25) is 4.79 Å². The minimum absolute atomic E-state index is 0.00629. The Kier molecular flexibility index (Phi) is 6.14. The third-order valence-electron chi connectivity index (χ3n) is 6.39. The Labute approximate surface area is 178 Å². The first-order valence-corrected chi connectivity index (χ1v) is 10.8. The number of likely N-dealkylation sites (tertiary alicyclic amines) is 1. The van der Waals surface area contributed by atoms with Crippen molar-refractivity contribution in [1.82, 2.24) is 14.7 Å². The van der Waals surface area contributed by atoms with E-state index < -0.39 is 24.2 Å². The van der Waals surface area contributed by atoms with Crippen LogP contribution in [-0.2, 0) is 14.3 Å². The van der Waals surface area contributed by atoms with Crippen molar-refractivity contribution < 1.29 is 32.2 Å². The lowest BCUT2D eigenvalue weighted by molar-refractivity contribution is -0.174. The van der Waals surface area contributed by atoms with Crippen LogP contribution in [0, 0.1) is 5.92 Å². The fourth-order valence-corrected chi connectivity index (χ4v) is 4.76. The highest BCUT2D eigenvalue weighted by Crippen LogP contribution is 2.43. The van der Waals surface area contributed by atoms with Crippen LogP contribution in [0.5, 0.6) is 0 Å². The molecule has 1 N–H and O–H groups in total. The van der Waals surface area contributed by atoms with Gasteiger partial charge >= 0.3 is 12.1 Å². The Morgan fingerprint density at radius 1 is 1.29 bits per heavy atom. The van der Waals surface area contributed by atoms with Gasteiger partial charge in [-0.15, -0.1) is 0 Å². The van der Waals surface area contributed by atoms with Crippen LogP contribution in [0.3, 0.4) is 0 Å². The van der Waals surface area contributed by atoms with Gasteiger partial charge in [0.2, 0.25) is 0 Å². The van der Waals surface area contributed by atoms with Crippen LogP contribution in [0.25, 0.3) is 0 Å². The zero-order valence-electron chi connectivity index (χ0n) is 17.4. The van der Waals surface area contributed by atoms with Gasteiger partial charge in [0.25, 0.3) is 5.91 Å². The molecule has 4 heterocycles. The predicted octanol–water partition coefficient (Wildman–Crippen LogP) is 2.77. The first-order valence-electron chi connectivity index (χ1n) is 10.8. The van der Waals surface area contributed by atoms with Crippen LogP contribution in [0.1, 0.15) is 55.4 Å². The molecule has 0 aliphatic carbocycles. The number of ether oxygens (including phenoxy) is 2. The maximum Gasteiger partial charge on any atom is 0.410 e. The van der Waals surface area contributed by atoms with Gasteiger partial charge in [0.05, 0.1) is 12.8 Å². The summed E-state index contributed by atoms with van der Waals surface area (Å²) < 4.78 is 52.6. The number of rotatable bonds is 4. The van der Waals surface area contributed by atoms with Gasteiger partial charge in [0, 0.05) is 25.7 Å². The zero-order valence-corrected chi connectivity index (χ0v) is 17.4. The van der Waals surface area contributed by atoms with Crippen LogP contribution in [0.2, 0.25) is 0 Å². The number of aromatic nitrogens is 2. The van der Waals surface area contributed by atoms with Crippen molar-refractivity contribution in [3.8, 4) is 0 Å². The lowest BCUT2D eigenvalue weighted by Gasteiger charge is -2.41. The van der Waals surface area contributed by atoms with Gasteiger partial charge in [-0.2, -0.15) is 18.3 Å². The number of carbonyl (C=O) groups is 2. The number of halogens is 3. The average Bonchev–Trinajstić information content (AvgIpc) is 3.42. The molecule has 172 valence electrons. The quantitative estimate of drug-likeness (QED) is 0.719. The molecule has 0 aromatic carbocycles. The van der Waals surface area contributed by atoms with Crippen molar-refractivity contribution in [2.45, 2.75) is 63.4 Å². The first kappa shape index (κ1) is 21.9. The van der Waals surface area contributed by atoms with E-state index in [9.17, 15) is 22.8 Å². The molecule has 1 amide bonds. The second-order valence-electron chi connectivity index (χ2n) is 8.28. The van der Waals surface area contributed by atoms with E-state index in [1.807, 2.05) is 0 Å². The molecule has 1 aromatic rings. The topological polar surface area (TPSA) is 85.7 Å². The number of hydrogen-bond donors (Lipinski definition) is 1. The molecule has 0 unspecified atom stereocenters. The number of piperidine rings is 1. The summed E-state index contributed by atoms with van der Waals surface area (Å²) in [5.74, 6) is -0.731. The summed E-state index contributed by atoms with van der Waals surface area (Å²) in [4.78, 5) is 26.5. The molecule has 0 spiro atoms. The largest absolute Gasteiger partial charge is 0.462 e. The fraction of sp³-hybridized carbons (Fsp3) is 0.750. The molecule has 0 saturated carbocycles. The molecule has 31 heavy (non-hydrogen) atoms. The molecule has 11 heteroatoms. The number of fused-ring (bicyclic) bond motifs is 1. The molecule has 2 saturated heterocycles. The van der Waals surface area contributed by atoms with Crippen LogP contribution < -0.4 is 5.32 Å². The summed E-state index contributed by atoms with van der Waals surface area (Å²) in [6, 6.07) is -2.30. The Balaban J connectivity index is 1.48. The maximum atomic E-state index is 13.8. The number of carbonyl (C=O) groups excluding carboxylic acids is 2. The molecule has 3 aliphatic heterocycles. The van der Waals surface area contributed by atoms with Crippen molar-refractivity contribution in [2.75, 3.05) is 31.6 Å². The highest BCUT2D eigenvalue weighted by molar-refractivity contribution is 5.94. The van der Waals surface area contributed by atoms with E-state index in [0.29, 0.717) is 32.5 Å². The Bertz CT molecular complexity index is 814. The maximum absolute atomic E-state index is 13.8. The molecular formula is C20H27F3N4O4. The summed E-state index contributed by atoms with van der Waals surface area (Å²) >= 11 is 0. The zero-order chi connectivity index (χ0) is 22.2. The average molecular weight is 444 g/mol. The second kappa shape index (κ2) is 8.68. The van der Waals surface area contributed by atoms with Gasteiger partial charge in [-0.05, 0) is 44.9 Å². The van der Waals surface area contributed by atoms with E-state index in [-0.39, 0.29) is 42.3 Å². The van der Waals surface area contributed by atoms with Crippen LogP contribution in [0.4, 0.5) is 19.0 Å². The lowest BCUT2D eigenvalue weighted by atomic mass is 9.84. The number of hydrogen-bond acceptors (Lipinski definition) is 6. The van der Waals surface area contributed by atoms with Crippen molar-refractivity contribution in [1.29, 1.82) is 0 Å². The van der Waals surface area contributed by atoms with E-state index in [2.05, 4.69) is 10.4 Å². The van der Waals surface area contributed by atoms with Gasteiger partial charge in [-0.25, -0.2) is 9.48 Å². The predicted molar refractivity (Wildman–Crippen MR) is 104 cm³/mol. The monoisotopic (exact) mass is 444 g/mol. The summed E-state index contributed by atoms with van der Waals surface area (Å²) in [7, 11) is 0. The number of esters is 1. The van der Waals surface area contributed by atoms with Crippen molar-refractivity contribution in [3.05, 3.63) is 11.8 Å². The Hall–Kier alpha value is -2.30. The molecule has 3 aliphatic rings. The van der Waals surface area contributed by atoms with Crippen LogP contribution in [-0.4, -0.2) is 71.2 Å². The molecule has 2 fully saturated rings. The Morgan fingerprint density at radius 3 is 2.65 bits per heavy atom. The number of nitrogens with one attached hydrogen (secondary N) is 1. The van der Waals surface area contributed by atoms with Gasteiger partial charge in [0.15, 0.2) is 6.04 Å². The molecule has 0 radical (unpaired) electrons. The highest BCUT2D eigenvalue weighted by atomic mass is 19.4.